The molecule has 0 aromatic carbocycles. The predicted octanol–water partition coefficient (Wildman–Crippen LogP) is 4.03. The zero-order valence-corrected chi connectivity index (χ0v) is 17.7. The SMILES string of the molecule is CC(C)n1cc(C(=O)Nc2cc3[nH]c(-c4ccnc(OC(F)C(F)CF)n4)cc3cn2)cn1. The number of ether oxygens (including phenoxy) is 1. The van der Waals surface area contributed by atoms with Crippen molar-refractivity contribution < 1.29 is 22.7 Å². The minimum Gasteiger partial charge on any atom is -0.425 e. The molecule has 12 heteroatoms. The van der Waals surface area contributed by atoms with E-state index in [1.165, 1.54) is 18.5 Å². The molecule has 4 heterocycles. The number of carbonyl (C=O) groups excluding carboxylic acids is 1. The first-order valence-corrected chi connectivity index (χ1v) is 10.0. The maximum absolute atomic E-state index is 13.5. The Morgan fingerprint density at radius 3 is 2.79 bits per heavy atom. The molecule has 0 aliphatic carbocycles. The average molecular weight is 459 g/mol. The second-order valence-electron chi connectivity index (χ2n) is 7.46. The summed E-state index contributed by atoms with van der Waals surface area (Å²) in [6, 6.07) is 4.62. The molecule has 4 aromatic rings. The Hall–Kier alpha value is -3.96. The summed E-state index contributed by atoms with van der Waals surface area (Å²) in [5, 5.41) is 7.59. The number of pyridine rings is 1. The van der Waals surface area contributed by atoms with Crippen molar-refractivity contribution in [3.63, 3.8) is 0 Å². The van der Waals surface area contributed by atoms with Crippen LogP contribution in [0.25, 0.3) is 22.3 Å². The van der Waals surface area contributed by atoms with Crippen LogP contribution in [-0.4, -0.2) is 54.8 Å². The molecule has 0 spiro atoms. The number of amides is 1. The van der Waals surface area contributed by atoms with Crippen molar-refractivity contribution in [3.05, 3.63) is 48.5 Å². The maximum atomic E-state index is 13.5. The number of hydrogen-bond acceptors (Lipinski definition) is 6. The highest BCUT2D eigenvalue weighted by molar-refractivity contribution is 6.04. The maximum Gasteiger partial charge on any atom is 0.319 e. The Morgan fingerprint density at radius 2 is 2.06 bits per heavy atom. The van der Waals surface area contributed by atoms with E-state index in [2.05, 4.69) is 35.1 Å². The molecule has 9 nitrogen and oxygen atoms in total. The van der Waals surface area contributed by atoms with Gasteiger partial charge in [0.05, 0.1) is 28.7 Å². The molecule has 4 rings (SSSR count). The van der Waals surface area contributed by atoms with E-state index >= 15 is 0 Å². The van der Waals surface area contributed by atoms with Crippen LogP contribution in [0.4, 0.5) is 19.0 Å². The van der Waals surface area contributed by atoms with E-state index in [-0.39, 0.29) is 11.9 Å². The molecule has 2 N–H and O–H groups in total. The van der Waals surface area contributed by atoms with Crippen LogP contribution in [0.2, 0.25) is 0 Å². The van der Waals surface area contributed by atoms with E-state index in [0.29, 0.717) is 28.3 Å². The lowest BCUT2D eigenvalue weighted by atomic mass is 10.2. The van der Waals surface area contributed by atoms with Crippen molar-refractivity contribution in [2.24, 2.45) is 0 Å². The Morgan fingerprint density at radius 1 is 1.24 bits per heavy atom. The van der Waals surface area contributed by atoms with Gasteiger partial charge in [-0.2, -0.15) is 14.5 Å². The van der Waals surface area contributed by atoms with Crippen molar-refractivity contribution >= 4 is 22.6 Å². The fourth-order valence-electron chi connectivity index (χ4n) is 2.95. The van der Waals surface area contributed by atoms with E-state index in [4.69, 9.17) is 0 Å². The molecular weight excluding hydrogens is 439 g/mol. The van der Waals surface area contributed by atoms with Crippen molar-refractivity contribution in [1.29, 1.82) is 0 Å². The van der Waals surface area contributed by atoms with E-state index in [1.54, 1.807) is 29.2 Å². The highest BCUT2D eigenvalue weighted by atomic mass is 19.2. The number of nitrogens with zero attached hydrogens (tertiary/aromatic N) is 5. The summed E-state index contributed by atoms with van der Waals surface area (Å²) in [6.07, 6.45) is 1.06. The third kappa shape index (κ3) is 4.94. The van der Waals surface area contributed by atoms with Crippen LogP contribution in [0.1, 0.15) is 30.2 Å². The summed E-state index contributed by atoms with van der Waals surface area (Å²) < 4.78 is 45.2. The van der Waals surface area contributed by atoms with Gasteiger partial charge in [-0.3, -0.25) is 9.48 Å². The number of aromatic nitrogens is 6. The van der Waals surface area contributed by atoms with E-state index in [0.717, 1.165) is 5.39 Å². The van der Waals surface area contributed by atoms with Crippen LogP contribution < -0.4 is 10.1 Å². The molecule has 0 bridgehead atoms. The minimum absolute atomic E-state index is 0.129. The third-order valence-electron chi connectivity index (χ3n) is 4.70. The summed E-state index contributed by atoms with van der Waals surface area (Å²) >= 11 is 0. The van der Waals surface area contributed by atoms with Crippen molar-refractivity contribution in [3.8, 4) is 17.4 Å². The van der Waals surface area contributed by atoms with Gasteiger partial charge in [0.1, 0.15) is 12.5 Å². The summed E-state index contributed by atoms with van der Waals surface area (Å²) in [5.41, 5.74) is 1.92. The lowest BCUT2D eigenvalue weighted by Crippen LogP contribution is -2.26. The van der Waals surface area contributed by atoms with Gasteiger partial charge >= 0.3 is 6.01 Å². The normalized spacial score (nSPS) is 13.3. The monoisotopic (exact) mass is 459 g/mol. The van der Waals surface area contributed by atoms with E-state index in [1.807, 2.05) is 13.8 Å². The molecule has 2 atom stereocenters. The summed E-state index contributed by atoms with van der Waals surface area (Å²) in [7, 11) is 0. The average Bonchev–Trinajstić information content (AvgIpc) is 3.46. The molecule has 4 aromatic heterocycles. The molecule has 0 fully saturated rings. The summed E-state index contributed by atoms with van der Waals surface area (Å²) in [6.45, 7) is 2.39. The topological polar surface area (TPSA) is 111 Å². The van der Waals surface area contributed by atoms with E-state index < -0.39 is 25.2 Å². The van der Waals surface area contributed by atoms with Crippen LogP contribution in [0.15, 0.2) is 43.0 Å². The number of rotatable bonds is 8. The second kappa shape index (κ2) is 9.27. The Balaban J connectivity index is 1.52. The third-order valence-corrected chi connectivity index (χ3v) is 4.70. The Kier molecular flexibility index (Phi) is 6.24. The smallest absolute Gasteiger partial charge is 0.319 e. The highest BCUT2D eigenvalue weighted by Crippen LogP contribution is 2.25. The number of alkyl halides is 3. The molecular formula is C21H20F3N7O2. The van der Waals surface area contributed by atoms with Gasteiger partial charge in [-0.1, -0.05) is 0 Å². The van der Waals surface area contributed by atoms with Gasteiger partial charge in [0.25, 0.3) is 12.3 Å². The lowest BCUT2D eigenvalue weighted by Gasteiger charge is -2.11. The van der Waals surface area contributed by atoms with Gasteiger partial charge in [-0.15, -0.1) is 0 Å². The van der Waals surface area contributed by atoms with Gasteiger partial charge < -0.3 is 15.0 Å². The largest absolute Gasteiger partial charge is 0.425 e. The molecule has 0 radical (unpaired) electrons. The van der Waals surface area contributed by atoms with E-state index in [9.17, 15) is 18.0 Å². The Labute approximate surface area is 186 Å². The van der Waals surface area contributed by atoms with Crippen LogP contribution >= 0.6 is 0 Å². The molecule has 172 valence electrons. The number of aromatic amines is 1. The first-order valence-electron chi connectivity index (χ1n) is 10.0. The molecule has 1 amide bonds. The molecule has 0 aliphatic rings. The Bertz CT molecular complexity index is 1270. The molecule has 0 saturated carbocycles. The van der Waals surface area contributed by atoms with Crippen LogP contribution in [0.5, 0.6) is 6.01 Å². The van der Waals surface area contributed by atoms with Gasteiger partial charge in [0, 0.05) is 36.1 Å². The number of anilines is 1. The lowest BCUT2D eigenvalue weighted by molar-refractivity contribution is -0.0207. The first-order chi connectivity index (χ1) is 15.8. The molecule has 0 saturated heterocycles. The number of halogens is 3. The minimum atomic E-state index is -2.52. The number of hydrogen-bond donors (Lipinski definition) is 2. The fraction of sp³-hybridized carbons (Fsp3) is 0.286. The van der Waals surface area contributed by atoms with Crippen LogP contribution in [0, 0.1) is 0 Å². The van der Waals surface area contributed by atoms with Gasteiger partial charge in [0.2, 0.25) is 0 Å². The van der Waals surface area contributed by atoms with Gasteiger partial charge in [0.15, 0.2) is 6.17 Å². The molecule has 0 aliphatic heterocycles. The zero-order chi connectivity index (χ0) is 23.5. The standard InChI is InChI=1S/C21H20F3N7O2/c1-11(2)31-10-13(9-27-31)20(32)30-18-6-16-12(8-26-18)5-17(28-16)15-3-4-25-21(29-15)33-19(24)14(23)7-22/h3-6,8-11,14,19,28H,7H2,1-2H3,(H,26,30,32). The number of H-pyrrole nitrogens is 1. The zero-order valence-electron chi connectivity index (χ0n) is 17.7. The van der Waals surface area contributed by atoms with Crippen molar-refractivity contribution in [2.75, 3.05) is 12.0 Å². The fourth-order valence-corrected chi connectivity index (χ4v) is 2.95. The van der Waals surface area contributed by atoms with Crippen molar-refractivity contribution in [1.82, 2.24) is 29.7 Å². The highest BCUT2D eigenvalue weighted by Gasteiger charge is 2.23. The van der Waals surface area contributed by atoms with Crippen LogP contribution in [0.3, 0.4) is 0 Å². The summed E-state index contributed by atoms with van der Waals surface area (Å²) in [4.78, 5) is 27.6. The molecule has 33 heavy (non-hydrogen) atoms. The van der Waals surface area contributed by atoms with Crippen molar-refractivity contribution in [2.45, 2.75) is 32.4 Å². The van der Waals surface area contributed by atoms with Gasteiger partial charge in [-0.05, 0) is 26.0 Å². The molecule has 2 unspecified atom stereocenters. The number of carbonyl (C=O) groups is 1. The summed E-state index contributed by atoms with van der Waals surface area (Å²) in [5.74, 6) is -0.0243. The first kappa shape index (κ1) is 22.2. The predicted molar refractivity (Wildman–Crippen MR) is 114 cm³/mol. The quantitative estimate of drug-likeness (QED) is 0.412. The number of fused-ring (bicyclic) bond motifs is 1. The van der Waals surface area contributed by atoms with Gasteiger partial charge in [-0.25, -0.2) is 18.7 Å². The second-order valence-corrected chi connectivity index (χ2v) is 7.46. The number of nitrogens with one attached hydrogen (secondary N) is 2. The van der Waals surface area contributed by atoms with Crippen LogP contribution in [-0.2, 0) is 0 Å².